The molecule has 0 heterocycles. The molecule has 2 rings (SSSR count). The van der Waals surface area contributed by atoms with Crippen LogP contribution in [-0.4, -0.2) is 18.4 Å². The SMILES string of the molecule is CCN(c1ccccc1)C1CCC(=O)CC1. The highest BCUT2D eigenvalue weighted by atomic mass is 16.1. The molecule has 1 aliphatic rings. The number of ketones is 1. The number of carbonyl (C=O) groups is 1. The van der Waals surface area contributed by atoms with E-state index in [4.69, 9.17) is 0 Å². The zero-order valence-corrected chi connectivity index (χ0v) is 9.86. The largest absolute Gasteiger partial charge is 0.369 e. The van der Waals surface area contributed by atoms with Crippen molar-refractivity contribution in [2.45, 2.75) is 38.6 Å². The zero-order valence-electron chi connectivity index (χ0n) is 9.86. The van der Waals surface area contributed by atoms with Gasteiger partial charge in [-0.3, -0.25) is 4.79 Å². The molecule has 0 saturated heterocycles. The van der Waals surface area contributed by atoms with Gasteiger partial charge in [-0.05, 0) is 31.9 Å². The first-order chi connectivity index (χ1) is 7.81. The second-order valence-electron chi connectivity index (χ2n) is 4.39. The van der Waals surface area contributed by atoms with Gasteiger partial charge in [0.05, 0.1) is 0 Å². The summed E-state index contributed by atoms with van der Waals surface area (Å²) in [6, 6.07) is 11.0. The van der Waals surface area contributed by atoms with Crippen molar-refractivity contribution in [3.8, 4) is 0 Å². The Morgan fingerprint density at radius 3 is 2.38 bits per heavy atom. The highest BCUT2D eigenvalue weighted by Crippen LogP contribution is 2.25. The predicted molar refractivity (Wildman–Crippen MR) is 66.7 cm³/mol. The van der Waals surface area contributed by atoms with Crippen LogP contribution in [0.1, 0.15) is 32.6 Å². The van der Waals surface area contributed by atoms with E-state index in [2.05, 4.69) is 36.1 Å². The van der Waals surface area contributed by atoms with Crippen LogP contribution in [0.25, 0.3) is 0 Å². The maximum absolute atomic E-state index is 11.2. The van der Waals surface area contributed by atoms with Gasteiger partial charge in [0.2, 0.25) is 0 Å². The van der Waals surface area contributed by atoms with E-state index in [0.29, 0.717) is 11.8 Å². The number of carbonyl (C=O) groups excluding carboxylic acids is 1. The first-order valence-corrected chi connectivity index (χ1v) is 6.14. The maximum Gasteiger partial charge on any atom is 0.133 e. The number of hydrogen-bond donors (Lipinski definition) is 0. The Balaban J connectivity index is 2.08. The monoisotopic (exact) mass is 217 g/mol. The molecule has 1 saturated carbocycles. The fourth-order valence-corrected chi connectivity index (χ4v) is 2.51. The van der Waals surface area contributed by atoms with Crippen molar-refractivity contribution in [2.24, 2.45) is 0 Å². The van der Waals surface area contributed by atoms with E-state index >= 15 is 0 Å². The van der Waals surface area contributed by atoms with Gasteiger partial charge in [-0.25, -0.2) is 0 Å². The number of benzene rings is 1. The molecule has 0 aliphatic heterocycles. The summed E-state index contributed by atoms with van der Waals surface area (Å²) in [5, 5.41) is 0. The van der Waals surface area contributed by atoms with Gasteiger partial charge in [0, 0.05) is 31.1 Å². The molecule has 0 N–H and O–H groups in total. The van der Waals surface area contributed by atoms with Gasteiger partial charge in [-0.1, -0.05) is 18.2 Å². The van der Waals surface area contributed by atoms with Crippen LogP contribution in [0, 0.1) is 0 Å². The second-order valence-corrected chi connectivity index (χ2v) is 4.39. The van der Waals surface area contributed by atoms with Crippen LogP contribution in [0.2, 0.25) is 0 Å². The Kier molecular flexibility index (Phi) is 3.60. The molecule has 0 spiro atoms. The smallest absolute Gasteiger partial charge is 0.133 e. The highest BCUT2D eigenvalue weighted by molar-refractivity contribution is 5.79. The summed E-state index contributed by atoms with van der Waals surface area (Å²) in [7, 11) is 0. The van der Waals surface area contributed by atoms with Crippen LogP contribution in [0.5, 0.6) is 0 Å². The lowest BCUT2D eigenvalue weighted by Crippen LogP contribution is -2.38. The van der Waals surface area contributed by atoms with Crippen LogP contribution in [0.3, 0.4) is 0 Å². The van der Waals surface area contributed by atoms with E-state index in [-0.39, 0.29) is 0 Å². The summed E-state index contributed by atoms with van der Waals surface area (Å²) in [6.45, 7) is 3.20. The Morgan fingerprint density at radius 2 is 1.81 bits per heavy atom. The Bertz CT molecular complexity index is 337. The summed E-state index contributed by atoms with van der Waals surface area (Å²) in [4.78, 5) is 13.7. The second kappa shape index (κ2) is 5.15. The minimum atomic E-state index is 0.431. The number of anilines is 1. The van der Waals surface area contributed by atoms with Crippen molar-refractivity contribution >= 4 is 11.5 Å². The molecule has 1 fully saturated rings. The minimum absolute atomic E-state index is 0.431. The van der Waals surface area contributed by atoms with Crippen molar-refractivity contribution in [1.82, 2.24) is 0 Å². The van der Waals surface area contributed by atoms with E-state index in [1.807, 2.05) is 6.07 Å². The van der Waals surface area contributed by atoms with E-state index in [9.17, 15) is 4.79 Å². The standard InChI is InChI=1S/C14H19NO/c1-2-15(12-6-4-3-5-7-12)13-8-10-14(16)11-9-13/h3-7,13H,2,8-11H2,1H3. The fraction of sp³-hybridized carbons (Fsp3) is 0.500. The van der Waals surface area contributed by atoms with Crippen LogP contribution in [0.15, 0.2) is 30.3 Å². The molecule has 2 nitrogen and oxygen atoms in total. The van der Waals surface area contributed by atoms with E-state index in [1.54, 1.807) is 0 Å². The van der Waals surface area contributed by atoms with Gasteiger partial charge in [0.25, 0.3) is 0 Å². The van der Waals surface area contributed by atoms with E-state index in [1.165, 1.54) is 5.69 Å². The summed E-state index contributed by atoms with van der Waals surface area (Å²) in [5.41, 5.74) is 1.28. The Morgan fingerprint density at radius 1 is 1.19 bits per heavy atom. The number of Topliss-reactive ketones (excluding diaryl/α,β-unsaturated/α-hetero) is 1. The quantitative estimate of drug-likeness (QED) is 0.775. The average Bonchev–Trinajstić information content (AvgIpc) is 2.34. The van der Waals surface area contributed by atoms with Crippen molar-refractivity contribution in [2.75, 3.05) is 11.4 Å². The number of rotatable bonds is 3. The summed E-state index contributed by atoms with van der Waals surface area (Å²) in [5.74, 6) is 0.431. The lowest BCUT2D eigenvalue weighted by molar-refractivity contribution is -0.120. The molecule has 0 aromatic heterocycles. The molecule has 16 heavy (non-hydrogen) atoms. The third kappa shape index (κ3) is 2.43. The maximum atomic E-state index is 11.2. The van der Waals surface area contributed by atoms with E-state index < -0.39 is 0 Å². The highest BCUT2D eigenvalue weighted by Gasteiger charge is 2.23. The first-order valence-electron chi connectivity index (χ1n) is 6.14. The van der Waals surface area contributed by atoms with Gasteiger partial charge in [-0.2, -0.15) is 0 Å². The molecule has 0 radical (unpaired) electrons. The van der Waals surface area contributed by atoms with Gasteiger partial charge in [-0.15, -0.1) is 0 Å². The van der Waals surface area contributed by atoms with Crippen molar-refractivity contribution in [1.29, 1.82) is 0 Å². The summed E-state index contributed by atoms with van der Waals surface area (Å²) >= 11 is 0. The molecule has 1 aromatic rings. The van der Waals surface area contributed by atoms with Gasteiger partial charge >= 0.3 is 0 Å². The predicted octanol–water partition coefficient (Wildman–Crippen LogP) is 3.02. The number of para-hydroxylation sites is 1. The van der Waals surface area contributed by atoms with Crippen molar-refractivity contribution < 1.29 is 4.79 Å². The van der Waals surface area contributed by atoms with Crippen molar-refractivity contribution in [3.05, 3.63) is 30.3 Å². The summed E-state index contributed by atoms with van der Waals surface area (Å²) in [6.07, 6.45) is 3.55. The Hall–Kier alpha value is -1.31. The Labute approximate surface area is 97.3 Å². The van der Waals surface area contributed by atoms with Crippen LogP contribution < -0.4 is 4.90 Å². The third-order valence-electron chi connectivity index (χ3n) is 3.38. The fourth-order valence-electron chi connectivity index (χ4n) is 2.51. The number of nitrogens with zero attached hydrogens (tertiary/aromatic N) is 1. The van der Waals surface area contributed by atoms with Crippen LogP contribution >= 0.6 is 0 Å². The van der Waals surface area contributed by atoms with Gasteiger partial charge in [0.1, 0.15) is 5.78 Å². The molecule has 1 aromatic carbocycles. The molecule has 86 valence electrons. The average molecular weight is 217 g/mol. The molecule has 0 atom stereocenters. The van der Waals surface area contributed by atoms with Gasteiger partial charge in [0.15, 0.2) is 0 Å². The lowest BCUT2D eigenvalue weighted by atomic mass is 9.93. The third-order valence-corrected chi connectivity index (χ3v) is 3.38. The van der Waals surface area contributed by atoms with Crippen molar-refractivity contribution in [3.63, 3.8) is 0 Å². The molecular weight excluding hydrogens is 198 g/mol. The number of hydrogen-bond acceptors (Lipinski definition) is 2. The van der Waals surface area contributed by atoms with E-state index in [0.717, 1.165) is 32.2 Å². The summed E-state index contributed by atoms with van der Waals surface area (Å²) < 4.78 is 0. The van der Waals surface area contributed by atoms with Crippen LogP contribution in [-0.2, 0) is 4.79 Å². The topological polar surface area (TPSA) is 20.3 Å². The lowest BCUT2D eigenvalue weighted by Gasteiger charge is -2.35. The van der Waals surface area contributed by atoms with Gasteiger partial charge < -0.3 is 4.90 Å². The van der Waals surface area contributed by atoms with Crippen LogP contribution in [0.4, 0.5) is 5.69 Å². The molecule has 2 heteroatoms. The molecule has 0 bridgehead atoms. The molecular formula is C14H19NO. The molecule has 1 aliphatic carbocycles. The minimum Gasteiger partial charge on any atom is -0.369 e. The molecule has 0 unspecified atom stereocenters. The molecule has 0 amide bonds. The first kappa shape index (κ1) is 11.2. The zero-order chi connectivity index (χ0) is 11.4. The normalized spacial score (nSPS) is 17.4.